The van der Waals surface area contributed by atoms with Crippen molar-refractivity contribution in [2.45, 2.75) is 65.1 Å². The van der Waals surface area contributed by atoms with Gasteiger partial charge in [0.25, 0.3) is 0 Å². The number of hydrogen-bond donors (Lipinski definition) is 4. The number of hydrogen-bond acceptors (Lipinski definition) is 6. The zero-order valence-electron chi connectivity index (χ0n) is 27.4. The number of rotatable bonds is 3. The maximum absolute atomic E-state index is 12.0. The highest BCUT2D eigenvalue weighted by Gasteiger charge is 2.40. The van der Waals surface area contributed by atoms with Crippen molar-refractivity contribution in [3.8, 4) is 34.5 Å². The Hall–Kier alpha value is -4.98. The summed E-state index contributed by atoms with van der Waals surface area (Å²) in [6, 6.07) is 9.75. The second kappa shape index (κ2) is 9.28. The van der Waals surface area contributed by atoms with Crippen molar-refractivity contribution in [2.24, 2.45) is 0 Å². The minimum atomic E-state index is -0.532. The molecular formula is C38H38N2O6. The number of ether oxygens (including phenoxy) is 4. The first-order chi connectivity index (χ1) is 21.8. The van der Waals surface area contributed by atoms with Crippen LogP contribution in [0.3, 0.4) is 0 Å². The fourth-order valence-corrected chi connectivity index (χ4v) is 7.67. The van der Waals surface area contributed by atoms with Crippen LogP contribution in [0.25, 0.3) is 49.7 Å². The topological polar surface area (TPSA) is 109 Å². The molecule has 236 valence electrons. The summed E-state index contributed by atoms with van der Waals surface area (Å²) in [7, 11) is 3.14. The van der Waals surface area contributed by atoms with Crippen LogP contribution < -0.4 is 18.9 Å². The summed E-state index contributed by atoms with van der Waals surface area (Å²) >= 11 is 0. The second-order valence-electron chi connectivity index (χ2n) is 14.0. The Balaban J connectivity index is 1.48. The van der Waals surface area contributed by atoms with Gasteiger partial charge in [0.15, 0.2) is 23.0 Å². The van der Waals surface area contributed by atoms with Crippen molar-refractivity contribution in [1.29, 1.82) is 0 Å². The summed E-state index contributed by atoms with van der Waals surface area (Å²) in [5.74, 6) is 2.34. The van der Waals surface area contributed by atoms with E-state index in [-0.39, 0.29) is 17.4 Å². The monoisotopic (exact) mass is 618 g/mol. The summed E-state index contributed by atoms with van der Waals surface area (Å²) in [6.45, 7) is 12.4. The molecule has 46 heavy (non-hydrogen) atoms. The van der Waals surface area contributed by atoms with Gasteiger partial charge in [-0.05, 0) is 95.5 Å². The molecular weight excluding hydrogens is 580 g/mol. The van der Waals surface area contributed by atoms with Gasteiger partial charge in [-0.1, -0.05) is 0 Å². The summed E-state index contributed by atoms with van der Waals surface area (Å²) in [5.41, 5.74) is 7.25. The second-order valence-corrected chi connectivity index (χ2v) is 14.0. The highest BCUT2D eigenvalue weighted by Crippen LogP contribution is 2.55. The van der Waals surface area contributed by atoms with Gasteiger partial charge in [-0.25, -0.2) is 0 Å². The first-order valence-electron chi connectivity index (χ1n) is 15.6. The van der Waals surface area contributed by atoms with Crippen LogP contribution in [0.4, 0.5) is 0 Å². The van der Waals surface area contributed by atoms with Crippen LogP contribution in [0.5, 0.6) is 34.5 Å². The van der Waals surface area contributed by atoms with Gasteiger partial charge in [-0.15, -0.1) is 0 Å². The third-order valence-corrected chi connectivity index (χ3v) is 9.72. The predicted molar refractivity (Wildman–Crippen MR) is 182 cm³/mol. The molecule has 0 amide bonds. The molecule has 4 N–H and O–H groups in total. The molecule has 4 aromatic carbocycles. The standard InChI is InChI=1S/C38H38N2O6/c1-17-11-22-23-14-28(44-8)34(42)29(32(23)40-31(22)19-9-10-37(3,4)45-35(17)19)24-16-38(5,6)46-36-18(2)12-21-20-13-27(43-7)26(41)15-25(20)39-33(21)30(24)36/h9-15,24,39-42H,16H2,1-8H3. The molecule has 0 saturated carbocycles. The van der Waals surface area contributed by atoms with Crippen LogP contribution in [0.2, 0.25) is 0 Å². The van der Waals surface area contributed by atoms with Gasteiger partial charge in [-0.3, -0.25) is 0 Å². The average Bonchev–Trinajstić information content (AvgIpc) is 3.52. The molecule has 2 aromatic heterocycles. The van der Waals surface area contributed by atoms with E-state index in [4.69, 9.17) is 18.9 Å². The minimum absolute atomic E-state index is 0.0614. The first-order valence-corrected chi connectivity index (χ1v) is 15.6. The maximum Gasteiger partial charge on any atom is 0.163 e. The van der Waals surface area contributed by atoms with E-state index in [1.165, 1.54) is 0 Å². The van der Waals surface area contributed by atoms with Crippen LogP contribution in [0.15, 0.2) is 36.4 Å². The minimum Gasteiger partial charge on any atom is -0.504 e. The molecule has 0 fully saturated rings. The molecule has 0 radical (unpaired) electrons. The number of phenols is 2. The van der Waals surface area contributed by atoms with Gasteiger partial charge >= 0.3 is 0 Å². The van der Waals surface area contributed by atoms with E-state index < -0.39 is 11.2 Å². The number of H-pyrrole nitrogens is 2. The Kier molecular flexibility index (Phi) is 5.75. The number of aromatic nitrogens is 2. The third-order valence-electron chi connectivity index (χ3n) is 9.72. The highest BCUT2D eigenvalue weighted by molar-refractivity contribution is 6.14. The fraction of sp³-hybridized carbons (Fsp3) is 0.316. The zero-order chi connectivity index (χ0) is 32.4. The quantitative estimate of drug-likeness (QED) is 0.158. The number of aromatic amines is 2. The lowest BCUT2D eigenvalue weighted by Crippen LogP contribution is -2.35. The molecule has 0 bridgehead atoms. The Morgan fingerprint density at radius 2 is 1.37 bits per heavy atom. The molecule has 0 aliphatic carbocycles. The SMILES string of the molecule is COc1cc2c(cc1O)[nH]c1c3c(c(C)cc12)OC(C)(C)CC3c1c(O)c(OC)cc2c1[nH]c1c3c(c(C)cc12)OC(C)(C)C=C3. The fourth-order valence-electron chi connectivity index (χ4n) is 7.67. The predicted octanol–water partition coefficient (Wildman–Crippen LogP) is 8.88. The van der Waals surface area contributed by atoms with Crippen LogP contribution in [-0.4, -0.2) is 45.6 Å². The van der Waals surface area contributed by atoms with Crippen molar-refractivity contribution in [3.05, 3.63) is 64.2 Å². The van der Waals surface area contributed by atoms with E-state index in [0.29, 0.717) is 17.9 Å². The Morgan fingerprint density at radius 1 is 0.739 bits per heavy atom. The average molecular weight is 619 g/mol. The molecule has 1 unspecified atom stereocenters. The Morgan fingerprint density at radius 3 is 2.09 bits per heavy atom. The van der Waals surface area contributed by atoms with Crippen LogP contribution >= 0.6 is 0 Å². The summed E-state index contributed by atoms with van der Waals surface area (Å²) in [5, 5.41) is 26.5. The van der Waals surface area contributed by atoms with Crippen LogP contribution in [-0.2, 0) is 0 Å². The number of aromatic hydroxyl groups is 2. The van der Waals surface area contributed by atoms with Gasteiger partial charge in [0.2, 0.25) is 0 Å². The van der Waals surface area contributed by atoms with E-state index in [1.54, 1.807) is 20.3 Å². The number of phenolic OH excluding ortho intramolecular Hbond substituents is 2. The summed E-state index contributed by atoms with van der Waals surface area (Å²) < 4.78 is 24.4. The van der Waals surface area contributed by atoms with Gasteiger partial charge in [-0.2, -0.15) is 0 Å². The number of methoxy groups -OCH3 is 2. The Bertz CT molecular complexity index is 2320. The van der Waals surface area contributed by atoms with Gasteiger partial charge < -0.3 is 39.1 Å². The van der Waals surface area contributed by atoms with Crippen molar-refractivity contribution < 1.29 is 29.2 Å². The molecule has 6 aromatic rings. The summed E-state index contributed by atoms with van der Waals surface area (Å²) in [4.78, 5) is 7.33. The Labute approximate surface area is 266 Å². The molecule has 2 aliphatic heterocycles. The van der Waals surface area contributed by atoms with E-state index >= 15 is 0 Å². The smallest absolute Gasteiger partial charge is 0.163 e. The van der Waals surface area contributed by atoms with E-state index in [9.17, 15) is 10.2 Å². The summed E-state index contributed by atoms with van der Waals surface area (Å²) in [6.07, 6.45) is 4.81. The van der Waals surface area contributed by atoms with Crippen LogP contribution in [0, 0.1) is 13.8 Å². The van der Waals surface area contributed by atoms with Gasteiger partial charge in [0.05, 0.1) is 36.3 Å². The van der Waals surface area contributed by atoms with E-state index in [1.807, 2.05) is 12.1 Å². The lowest BCUT2D eigenvalue weighted by atomic mass is 9.77. The molecule has 1 atom stereocenters. The number of nitrogens with one attached hydrogen (secondary N) is 2. The number of benzene rings is 4. The molecule has 8 rings (SSSR count). The normalized spacial score (nSPS) is 18.0. The number of fused-ring (bicyclic) bond motifs is 10. The van der Waals surface area contributed by atoms with E-state index in [2.05, 4.69) is 75.8 Å². The zero-order valence-corrected chi connectivity index (χ0v) is 27.4. The maximum atomic E-state index is 12.0. The largest absolute Gasteiger partial charge is 0.504 e. The highest BCUT2D eigenvalue weighted by atomic mass is 16.5. The van der Waals surface area contributed by atoms with E-state index in [0.717, 1.165) is 82.9 Å². The van der Waals surface area contributed by atoms with Crippen molar-refractivity contribution in [3.63, 3.8) is 0 Å². The lowest BCUT2D eigenvalue weighted by Gasteiger charge is -2.39. The molecule has 8 nitrogen and oxygen atoms in total. The molecule has 4 heterocycles. The van der Waals surface area contributed by atoms with Crippen molar-refractivity contribution >= 4 is 49.7 Å². The molecule has 8 heteroatoms. The van der Waals surface area contributed by atoms with Crippen molar-refractivity contribution in [2.75, 3.05) is 14.2 Å². The van der Waals surface area contributed by atoms with Gasteiger partial charge in [0, 0.05) is 50.2 Å². The van der Waals surface area contributed by atoms with Crippen molar-refractivity contribution in [1.82, 2.24) is 9.97 Å². The molecule has 2 aliphatic rings. The number of aryl methyl sites for hydroxylation is 2. The van der Waals surface area contributed by atoms with Gasteiger partial charge in [0.1, 0.15) is 22.7 Å². The first kappa shape index (κ1) is 28.5. The lowest BCUT2D eigenvalue weighted by molar-refractivity contribution is 0.0769. The van der Waals surface area contributed by atoms with Crippen LogP contribution in [0.1, 0.15) is 67.9 Å². The molecule has 0 spiro atoms. The third kappa shape index (κ3) is 3.92. The molecule has 0 saturated heterocycles.